The number of carbonyl (C=O) groups excluding carboxylic acids is 8. The van der Waals surface area contributed by atoms with E-state index in [0.29, 0.717) is 78.5 Å². The minimum atomic E-state index is -0.502. The van der Waals surface area contributed by atoms with Crippen LogP contribution in [0.25, 0.3) is 87.2 Å². The Kier molecular flexibility index (Phi) is 28.5. The molecule has 0 spiro atoms. The Hall–Kier alpha value is -17.3. The fourth-order valence-electron chi connectivity index (χ4n) is 17.6. The highest BCUT2D eigenvalue weighted by atomic mass is 16.7. The quantitative estimate of drug-likeness (QED) is 0.0251. The number of nitrogens with zero attached hydrogens (tertiary/aromatic N) is 8. The van der Waals surface area contributed by atoms with Crippen LogP contribution in [-0.4, -0.2) is 88.1 Å². The minimum Gasteiger partial charge on any atom is -0.341 e. The van der Waals surface area contributed by atoms with Gasteiger partial charge < -0.3 is 37.6 Å². The van der Waals surface area contributed by atoms with Crippen molar-refractivity contribution in [2.24, 2.45) is 20.6 Å². The number of rotatable bonds is 23. The molecule has 0 aliphatic rings. The third kappa shape index (κ3) is 19.9. The first kappa shape index (κ1) is 94.0. The van der Waals surface area contributed by atoms with E-state index in [0.717, 1.165) is 158 Å². The highest BCUT2D eigenvalue weighted by molar-refractivity contribution is 6.22. The molecule has 0 bridgehead atoms. The lowest BCUT2D eigenvalue weighted by molar-refractivity contribution is -0.141. The Morgan fingerprint density at radius 3 is 0.710 bits per heavy atom. The minimum absolute atomic E-state index is 0.00458. The standard InChI is InChI=1S/2C31H26N2O3.C30H24N2O3.C26H24N2O3/c1-4-33-28-16-14-23(30(32-36-21(3)34)22-11-6-5-7-12-22)18-26(28)27-19-24(15-17-29(27)33)31(35)25-13-9-8-10-20(25)2;1-4-33-28-16-14-23(21(3)32-36-31(35)22-11-6-5-7-12-22)18-26(28)27-19-24(15-17-29(27)33)30(34)25-13-9-8-10-20(25)2;1-3-32-27-16-14-23(20(2)31-35-30(34)22-12-8-5-9-13-22)18-25(27)26-19-24(15-17-28(26)32)29(33)21-10-6-4-7-11-21;1-5-28-24-12-10-19(17(3)27-31-18(4)29)14-22(24)23-15-20(11-13-25(23)28)26(30)21-9-7-6-8-16(21)2/h2*5-19H,4H2,1-3H3;4-19H,3H2,1-2H3;6-15H,5H2,1-4H3/b32-30+;32-21+;31-20+;27-17+. The monoisotopic (exact) mass is 1820 g/mol. The fourth-order valence-corrected chi connectivity index (χ4v) is 17.6. The number of oxime groups is 4. The highest BCUT2D eigenvalue weighted by Gasteiger charge is 2.24. The molecule has 0 N–H and O–H groups in total. The molecule has 0 saturated carbocycles. The Morgan fingerprint density at radius 1 is 0.217 bits per heavy atom. The van der Waals surface area contributed by atoms with E-state index < -0.39 is 23.9 Å². The van der Waals surface area contributed by atoms with E-state index in [1.54, 1.807) is 55.5 Å². The van der Waals surface area contributed by atoms with E-state index in [4.69, 9.17) is 19.4 Å². The predicted molar refractivity (Wildman–Crippen MR) is 550 cm³/mol. The molecule has 138 heavy (non-hydrogen) atoms. The van der Waals surface area contributed by atoms with Crippen molar-refractivity contribution in [3.05, 3.63) is 440 Å². The Bertz CT molecular complexity index is 8140. The number of fused-ring (bicyclic) bond motifs is 12. The summed E-state index contributed by atoms with van der Waals surface area (Å²) in [5.41, 5.74) is 24.3. The molecular formula is C118H100N8O12. The van der Waals surface area contributed by atoms with Gasteiger partial charge in [-0.25, -0.2) is 19.2 Å². The second-order valence-corrected chi connectivity index (χ2v) is 33.5. The molecule has 19 aromatic rings. The maximum Gasteiger partial charge on any atom is 0.365 e. The van der Waals surface area contributed by atoms with E-state index >= 15 is 0 Å². The third-order valence-electron chi connectivity index (χ3n) is 24.7. The van der Waals surface area contributed by atoms with Gasteiger partial charge in [0.15, 0.2) is 23.1 Å². The number of carbonyl (C=O) groups is 8. The van der Waals surface area contributed by atoms with Crippen molar-refractivity contribution in [1.82, 2.24) is 18.3 Å². The second-order valence-electron chi connectivity index (χ2n) is 33.5. The summed E-state index contributed by atoms with van der Waals surface area (Å²) in [6.07, 6.45) is 0. The summed E-state index contributed by atoms with van der Waals surface area (Å²) in [6.45, 7) is 25.5. The van der Waals surface area contributed by atoms with Crippen LogP contribution in [0.1, 0.15) is 191 Å². The van der Waals surface area contributed by atoms with Crippen molar-refractivity contribution in [1.29, 1.82) is 0 Å². The van der Waals surface area contributed by atoms with Crippen LogP contribution < -0.4 is 0 Å². The molecule has 684 valence electrons. The summed E-state index contributed by atoms with van der Waals surface area (Å²) in [5.74, 6) is -1.92. The van der Waals surface area contributed by atoms with Gasteiger partial charge in [0, 0.05) is 183 Å². The van der Waals surface area contributed by atoms with E-state index in [9.17, 15) is 38.4 Å². The number of benzene rings is 15. The van der Waals surface area contributed by atoms with Gasteiger partial charge in [-0.05, 0) is 248 Å². The smallest absolute Gasteiger partial charge is 0.341 e. The molecule has 0 atom stereocenters. The normalized spacial score (nSPS) is 11.7. The Labute approximate surface area is 798 Å². The van der Waals surface area contributed by atoms with Crippen molar-refractivity contribution in [2.75, 3.05) is 0 Å². The van der Waals surface area contributed by atoms with E-state index in [1.807, 2.05) is 308 Å². The van der Waals surface area contributed by atoms with Gasteiger partial charge in [-0.2, -0.15) is 0 Å². The summed E-state index contributed by atoms with van der Waals surface area (Å²) >= 11 is 0. The first-order valence-corrected chi connectivity index (χ1v) is 45.7. The molecule has 15 aromatic carbocycles. The first-order valence-electron chi connectivity index (χ1n) is 45.7. The molecule has 0 radical (unpaired) electrons. The Balaban J connectivity index is 0.000000133. The average molecular weight is 1820 g/mol. The van der Waals surface area contributed by atoms with Crippen molar-refractivity contribution < 1.29 is 57.7 Å². The van der Waals surface area contributed by atoms with Gasteiger partial charge in [-0.1, -0.05) is 215 Å². The number of ketones is 4. The molecule has 4 heterocycles. The maximum absolute atomic E-state index is 13.4. The largest absolute Gasteiger partial charge is 0.365 e. The van der Waals surface area contributed by atoms with Crippen LogP contribution in [0, 0.1) is 20.8 Å². The first-order chi connectivity index (χ1) is 66.9. The van der Waals surface area contributed by atoms with Crippen LogP contribution in [0.4, 0.5) is 0 Å². The van der Waals surface area contributed by atoms with Crippen LogP contribution in [0.2, 0.25) is 0 Å². The lowest BCUT2D eigenvalue weighted by atomic mass is 9.97. The predicted octanol–water partition coefficient (Wildman–Crippen LogP) is 25.9. The Morgan fingerprint density at radius 2 is 0.435 bits per heavy atom. The molecule has 4 aromatic heterocycles. The van der Waals surface area contributed by atoms with Gasteiger partial charge >= 0.3 is 23.9 Å². The number of hydrogen-bond donors (Lipinski definition) is 0. The number of aromatic nitrogens is 4. The summed E-state index contributed by atoms with van der Waals surface area (Å²) in [7, 11) is 0. The molecule has 0 aliphatic heterocycles. The molecule has 20 nitrogen and oxygen atoms in total. The molecule has 19 rings (SSSR count). The van der Waals surface area contributed by atoms with Crippen LogP contribution >= 0.6 is 0 Å². The van der Waals surface area contributed by atoms with Crippen LogP contribution in [0.3, 0.4) is 0 Å². The number of hydrogen-bond acceptors (Lipinski definition) is 16. The van der Waals surface area contributed by atoms with Crippen molar-refractivity contribution in [3.8, 4) is 0 Å². The zero-order chi connectivity index (χ0) is 97.0. The van der Waals surface area contributed by atoms with Gasteiger partial charge in [-0.3, -0.25) is 19.2 Å². The molecule has 0 unspecified atom stereocenters. The molecule has 20 heteroatoms. The molecule has 0 fully saturated rings. The molecular weight excluding hydrogens is 1720 g/mol. The molecule has 0 aliphatic carbocycles. The van der Waals surface area contributed by atoms with Crippen LogP contribution in [0.5, 0.6) is 0 Å². The SMILES string of the molecule is CCn1c2ccc(C(=O)c3ccccc3)cc2c2cc(/C(C)=N/OC(=O)c3ccccc3)ccc21.CCn1c2ccc(C(=O)c3ccccc3C)cc2c2cc(/C(=N/OC(C)=O)c3ccccc3)ccc21.CCn1c2ccc(C(=O)c3ccccc3C)cc2c2cc(/C(C)=N/OC(=O)c3ccccc3)ccc21.CCn1c2ccc(C(=O)c3ccccc3C)cc2c2cc(/C(C)=N/OC(C)=O)ccc21. The van der Waals surface area contributed by atoms with Crippen LogP contribution in [0.15, 0.2) is 360 Å². The lowest BCUT2D eigenvalue weighted by Crippen LogP contribution is -2.06. The van der Waals surface area contributed by atoms with Crippen LogP contribution in [-0.2, 0) is 55.1 Å². The topological polar surface area (TPSA) is 243 Å². The van der Waals surface area contributed by atoms with E-state index in [-0.39, 0.29) is 23.1 Å². The van der Waals surface area contributed by atoms with Gasteiger partial charge in [-0.15, -0.1) is 0 Å². The molecule has 0 saturated heterocycles. The van der Waals surface area contributed by atoms with Crippen molar-refractivity contribution >= 4 is 157 Å². The zero-order valence-electron chi connectivity index (χ0n) is 78.6. The lowest BCUT2D eigenvalue weighted by Gasteiger charge is -2.08. The molecule has 0 amide bonds. The zero-order valence-corrected chi connectivity index (χ0v) is 78.6. The second kappa shape index (κ2) is 41.9. The fraction of sp³-hybridized carbons (Fsp3) is 0.136. The average Bonchev–Trinajstić information content (AvgIpc) is 1.61. The van der Waals surface area contributed by atoms with Gasteiger partial charge in [0.05, 0.1) is 28.3 Å². The summed E-state index contributed by atoms with van der Waals surface area (Å²) < 4.78 is 8.93. The van der Waals surface area contributed by atoms with E-state index in [1.165, 1.54) is 13.8 Å². The summed E-state index contributed by atoms with van der Waals surface area (Å²) in [5, 5.41) is 24.3. The van der Waals surface area contributed by atoms with Gasteiger partial charge in [0.1, 0.15) is 5.71 Å². The third-order valence-corrected chi connectivity index (χ3v) is 24.7. The van der Waals surface area contributed by atoms with Crippen molar-refractivity contribution in [3.63, 3.8) is 0 Å². The number of aryl methyl sites for hydroxylation is 7. The van der Waals surface area contributed by atoms with Gasteiger partial charge in [0.2, 0.25) is 0 Å². The van der Waals surface area contributed by atoms with Gasteiger partial charge in [0.25, 0.3) is 0 Å². The highest BCUT2D eigenvalue weighted by Crippen LogP contribution is 2.38. The summed E-state index contributed by atoms with van der Waals surface area (Å²) in [4.78, 5) is 120. The van der Waals surface area contributed by atoms with E-state index in [2.05, 4.69) is 84.8 Å². The summed E-state index contributed by atoms with van der Waals surface area (Å²) in [6, 6.07) is 107. The maximum atomic E-state index is 13.4. The van der Waals surface area contributed by atoms with Crippen molar-refractivity contribution in [2.45, 2.75) is 109 Å².